The zero-order valence-electron chi connectivity index (χ0n) is 20.4. The Balaban J connectivity index is 1.63. The van der Waals surface area contributed by atoms with Crippen LogP contribution in [-0.4, -0.2) is 27.8 Å². The van der Waals surface area contributed by atoms with Crippen molar-refractivity contribution in [1.29, 1.82) is 0 Å². The molecular weight excluding hydrogens is 410 g/mol. The molecule has 0 aliphatic rings. The molecule has 0 bridgehead atoms. The van der Waals surface area contributed by atoms with Gasteiger partial charge in [-0.2, -0.15) is 0 Å². The summed E-state index contributed by atoms with van der Waals surface area (Å²) in [4.78, 5) is 16.8. The van der Waals surface area contributed by atoms with E-state index in [1.807, 2.05) is 26.8 Å². The van der Waals surface area contributed by atoms with E-state index in [2.05, 4.69) is 71.4 Å². The molecule has 1 N–H and O–H groups in total. The number of ether oxygens (including phenoxy) is 1. The molecule has 0 atom stereocenters. The molecule has 0 aliphatic heterocycles. The van der Waals surface area contributed by atoms with Crippen molar-refractivity contribution in [3.8, 4) is 22.5 Å². The van der Waals surface area contributed by atoms with Crippen molar-refractivity contribution in [3.63, 3.8) is 0 Å². The minimum Gasteiger partial charge on any atom is -0.444 e. The third-order valence-corrected chi connectivity index (χ3v) is 5.43. The van der Waals surface area contributed by atoms with Gasteiger partial charge in [-0.1, -0.05) is 80.4 Å². The number of unbranched alkanes of at least 4 members (excludes halogenated alkanes) is 3. The second-order valence-corrected chi connectivity index (χ2v) is 9.31. The van der Waals surface area contributed by atoms with Crippen LogP contribution in [0.3, 0.4) is 0 Å². The normalized spacial score (nSPS) is 11.4. The number of alkyl carbamates (subject to hydrolysis) is 1. The predicted molar refractivity (Wildman–Crippen MR) is 135 cm³/mol. The zero-order chi connectivity index (χ0) is 23.7. The van der Waals surface area contributed by atoms with E-state index in [4.69, 9.17) is 9.72 Å². The summed E-state index contributed by atoms with van der Waals surface area (Å²) in [6, 6.07) is 21.0. The number of carbonyl (C=O) groups is 1. The minimum atomic E-state index is -0.457. The van der Waals surface area contributed by atoms with Gasteiger partial charge in [-0.05, 0) is 33.6 Å². The van der Waals surface area contributed by atoms with Crippen molar-refractivity contribution in [3.05, 3.63) is 66.5 Å². The highest BCUT2D eigenvalue weighted by Gasteiger charge is 2.19. The van der Waals surface area contributed by atoms with E-state index in [-0.39, 0.29) is 6.09 Å². The van der Waals surface area contributed by atoms with Crippen LogP contribution in [0, 0.1) is 0 Å². The predicted octanol–water partition coefficient (Wildman–Crippen LogP) is 6.86. The second kappa shape index (κ2) is 11.7. The van der Waals surface area contributed by atoms with E-state index in [0.29, 0.717) is 6.54 Å². The molecule has 3 rings (SSSR count). The van der Waals surface area contributed by atoms with Crippen molar-refractivity contribution in [1.82, 2.24) is 14.9 Å². The van der Waals surface area contributed by atoms with Gasteiger partial charge in [0.1, 0.15) is 11.4 Å². The highest BCUT2D eigenvalue weighted by molar-refractivity contribution is 5.79. The highest BCUT2D eigenvalue weighted by Crippen LogP contribution is 2.33. The first kappa shape index (κ1) is 24.6. The topological polar surface area (TPSA) is 56.2 Å². The van der Waals surface area contributed by atoms with Crippen molar-refractivity contribution >= 4 is 6.09 Å². The maximum atomic E-state index is 11.8. The Morgan fingerprint density at radius 2 is 1.52 bits per heavy atom. The van der Waals surface area contributed by atoms with Crippen LogP contribution in [0.1, 0.15) is 59.2 Å². The lowest BCUT2D eigenvalue weighted by atomic mass is 10.0. The maximum Gasteiger partial charge on any atom is 0.407 e. The van der Waals surface area contributed by atoms with Crippen molar-refractivity contribution in [2.45, 2.75) is 71.9 Å². The van der Waals surface area contributed by atoms with Gasteiger partial charge in [0.2, 0.25) is 0 Å². The monoisotopic (exact) mass is 447 g/mol. The second-order valence-electron chi connectivity index (χ2n) is 9.31. The SMILES string of the molecule is CCc1nc(-c2ccccc2)c(-c2ccccc2)n1CCCCCCNC(=O)OC(C)(C)C. The number of aryl methyl sites for hydroxylation is 1. The van der Waals surface area contributed by atoms with Crippen LogP contribution in [0.2, 0.25) is 0 Å². The van der Waals surface area contributed by atoms with Crippen molar-refractivity contribution < 1.29 is 9.53 Å². The lowest BCUT2D eigenvalue weighted by Gasteiger charge is -2.19. The summed E-state index contributed by atoms with van der Waals surface area (Å²) in [7, 11) is 0. The van der Waals surface area contributed by atoms with Gasteiger partial charge in [-0.25, -0.2) is 9.78 Å². The summed E-state index contributed by atoms with van der Waals surface area (Å²) in [5, 5.41) is 2.84. The summed E-state index contributed by atoms with van der Waals surface area (Å²) in [5.74, 6) is 1.12. The number of rotatable bonds is 10. The number of nitrogens with zero attached hydrogens (tertiary/aromatic N) is 2. The van der Waals surface area contributed by atoms with Gasteiger partial charge >= 0.3 is 6.09 Å². The van der Waals surface area contributed by atoms with E-state index in [0.717, 1.165) is 55.7 Å². The highest BCUT2D eigenvalue weighted by atomic mass is 16.6. The number of carbonyl (C=O) groups excluding carboxylic acids is 1. The van der Waals surface area contributed by atoms with E-state index >= 15 is 0 Å². The third kappa shape index (κ3) is 7.21. The van der Waals surface area contributed by atoms with Crippen molar-refractivity contribution in [2.24, 2.45) is 0 Å². The molecule has 176 valence electrons. The summed E-state index contributed by atoms with van der Waals surface area (Å²) >= 11 is 0. The van der Waals surface area contributed by atoms with E-state index < -0.39 is 5.60 Å². The number of aromatic nitrogens is 2. The quantitative estimate of drug-likeness (QED) is 0.345. The zero-order valence-corrected chi connectivity index (χ0v) is 20.4. The molecule has 33 heavy (non-hydrogen) atoms. The molecule has 5 nitrogen and oxygen atoms in total. The molecule has 0 unspecified atom stereocenters. The third-order valence-electron chi connectivity index (χ3n) is 5.43. The number of nitrogens with one attached hydrogen (secondary N) is 1. The van der Waals surface area contributed by atoms with Crippen LogP contribution in [0.25, 0.3) is 22.5 Å². The first-order chi connectivity index (χ1) is 15.9. The number of imidazole rings is 1. The molecule has 1 aromatic heterocycles. The fraction of sp³-hybridized carbons (Fsp3) is 0.429. The molecule has 5 heteroatoms. The van der Waals surface area contributed by atoms with Crippen LogP contribution in [-0.2, 0) is 17.7 Å². The molecule has 1 heterocycles. The summed E-state index contributed by atoms with van der Waals surface area (Å²) in [6.45, 7) is 9.38. The van der Waals surface area contributed by atoms with Gasteiger partial charge in [0.25, 0.3) is 0 Å². The van der Waals surface area contributed by atoms with Gasteiger partial charge < -0.3 is 14.6 Å². The van der Waals surface area contributed by atoms with Gasteiger partial charge in [0.15, 0.2) is 0 Å². The molecular formula is C28H37N3O2. The molecule has 3 aromatic rings. The lowest BCUT2D eigenvalue weighted by molar-refractivity contribution is 0.0527. The molecule has 0 saturated heterocycles. The van der Waals surface area contributed by atoms with E-state index in [1.165, 1.54) is 11.3 Å². The average Bonchev–Trinajstić information content (AvgIpc) is 3.17. The van der Waals surface area contributed by atoms with Crippen LogP contribution in [0.15, 0.2) is 60.7 Å². The number of benzene rings is 2. The smallest absolute Gasteiger partial charge is 0.407 e. The molecule has 0 spiro atoms. The minimum absolute atomic E-state index is 0.338. The Labute approximate surface area is 198 Å². The van der Waals surface area contributed by atoms with Crippen LogP contribution < -0.4 is 5.32 Å². The van der Waals surface area contributed by atoms with Gasteiger partial charge in [-0.15, -0.1) is 0 Å². The van der Waals surface area contributed by atoms with Gasteiger partial charge in [-0.3, -0.25) is 0 Å². The summed E-state index contributed by atoms with van der Waals surface area (Å²) in [5.41, 5.74) is 4.15. The lowest BCUT2D eigenvalue weighted by Crippen LogP contribution is -2.32. The maximum absolute atomic E-state index is 11.8. The average molecular weight is 448 g/mol. The standard InChI is InChI=1S/C28H37N3O2/c1-5-24-30-25(22-16-10-8-11-17-22)26(23-18-12-9-13-19-23)31(24)21-15-7-6-14-20-29-27(32)33-28(2,3)4/h8-13,16-19H,5-7,14-15,20-21H2,1-4H3,(H,29,32). The number of hydrogen-bond donors (Lipinski definition) is 1. The molecule has 0 aliphatic carbocycles. The van der Waals surface area contributed by atoms with Crippen LogP contribution in [0.4, 0.5) is 4.79 Å². The Morgan fingerprint density at radius 3 is 2.12 bits per heavy atom. The van der Waals surface area contributed by atoms with E-state index in [1.54, 1.807) is 0 Å². The first-order valence-electron chi connectivity index (χ1n) is 12.1. The largest absolute Gasteiger partial charge is 0.444 e. The molecule has 1 amide bonds. The summed E-state index contributed by atoms with van der Waals surface area (Å²) < 4.78 is 7.68. The molecule has 0 fully saturated rings. The van der Waals surface area contributed by atoms with Crippen LogP contribution >= 0.6 is 0 Å². The molecule has 2 aromatic carbocycles. The summed E-state index contributed by atoms with van der Waals surface area (Å²) in [6.07, 6.45) is 4.75. The van der Waals surface area contributed by atoms with Crippen LogP contribution in [0.5, 0.6) is 0 Å². The first-order valence-corrected chi connectivity index (χ1v) is 12.1. The Kier molecular flexibility index (Phi) is 8.70. The fourth-order valence-electron chi connectivity index (χ4n) is 3.95. The van der Waals surface area contributed by atoms with E-state index in [9.17, 15) is 4.79 Å². The van der Waals surface area contributed by atoms with Crippen molar-refractivity contribution in [2.75, 3.05) is 6.54 Å². The Morgan fingerprint density at radius 1 is 0.909 bits per heavy atom. The van der Waals surface area contributed by atoms with Gasteiger partial charge in [0.05, 0.1) is 11.4 Å². The molecule has 0 saturated carbocycles. The van der Waals surface area contributed by atoms with Gasteiger partial charge in [0, 0.05) is 30.6 Å². The Hall–Kier alpha value is -3.08. The fourth-order valence-corrected chi connectivity index (χ4v) is 3.95. The molecule has 0 radical (unpaired) electrons. The number of amides is 1. The number of hydrogen-bond acceptors (Lipinski definition) is 3. The Bertz CT molecular complexity index is 1000.